The van der Waals surface area contributed by atoms with Crippen molar-refractivity contribution in [2.75, 3.05) is 7.05 Å². The van der Waals surface area contributed by atoms with Gasteiger partial charge in [0.25, 0.3) is 5.89 Å². The van der Waals surface area contributed by atoms with Crippen LogP contribution in [0, 0.1) is 0 Å². The Balaban J connectivity index is 1.45. The molecule has 1 aliphatic rings. The normalized spacial score (nSPS) is 14.3. The van der Waals surface area contributed by atoms with Crippen LogP contribution in [0.2, 0.25) is 0 Å². The number of nitrogens with zero attached hydrogens (tertiary/aromatic N) is 4. The fraction of sp³-hybridized carbons (Fsp3) is 0.438. The number of imidazole rings is 1. The maximum Gasteiger partial charge on any atom is 0.257 e. The van der Waals surface area contributed by atoms with Gasteiger partial charge >= 0.3 is 0 Å². The van der Waals surface area contributed by atoms with Crippen LogP contribution in [0.5, 0.6) is 0 Å². The maximum absolute atomic E-state index is 5.85. The average molecular weight is 329 g/mol. The van der Waals surface area contributed by atoms with Crippen LogP contribution < -0.4 is 0 Å². The molecular weight excluding hydrogens is 310 g/mol. The second-order valence-electron chi connectivity index (χ2n) is 5.98. The number of thiophene rings is 1. The van der Waals surface area contributed by atoms with E-state index >= 15 is 0 Å². The molecule has 23 heavy (non-hydrogen) atoms. The molecule has 0 aliphatic heterocycles. The van der Waals surface area contributed by atoms with Gasteiger partial charge in [0.1, 0.15) is 5.82 Å². The maximum atomic E-state index is 5.85. The topological polar surface area (TPSA) is 70.8 Å². The van der Waals surface area contributed by atoms with Crippen LogP contribution in [0.25, 0.3) is 10.8 Å². The third kappa shape index (κ3) is 3.20. The first kappa shape index (κ1) is 14.6. The summed E-state index contributed by atoms with van der Waals surface area (Å²) >= 11 is 1.80. The molecule has 1 aliphatic carbocycles. The first-order valence-electron chi connectivity index (χ1n) is 7.89. The van der Waals surface area contributed by atoms with Gasteiger partial charge in [-0.25, -0.2) is 4.98 Å². The van der Waals surface area contributed by atoms with Gasteiger partial charge in [0.05, 0.1) is 18.0 Å². The zero-order valence-electron chi connectivity index (χ0n) is 13.1. The van der Waals surface area contributed by atoms with Gasteiger partial charge in [0.2, 0.25) is 5.89 Å². The lowest BCUT2D eigenvalue weighted by Gasteiger charge is -2.11. The van der Waals surface area contributed by atoms with Crippen molar-refractivity contribution >= 4 is 11.3 Å². The number of rotatable bonds is 5. The Bertz CT molecular complexity index is 753. The lowest BCUT2D eigenvalue weighted by Crippen LogP contribution is -2.18. The first-order valence-corrected chi connectivity index (χ1v) is 8.71. The van der Waals surface area contributed by atoms with E-state index < -0.39 is 0 Å². The van der Waals surface area contributed by atoms with E-state index in [2.05, 4.69) is 31.1 Å². The van der Waals surface area contributed by atoms with Crippen molar-refractivity contribution in [1.82, 2.24) is 25.1 Å². The highest BCUT2D eigenvalue weighted by molar-refractivity contribution is 7.15. The predicted molar refractivity (Wildman–Crippen MR) is 88.0 cm³/mol. The Morgan fingerprint density at radius 3 is 3.00 bits per heavy atom. The summed E-state index contributed by atoms with van der Waals surface area (Å²) in [5, 5.41) is 8.41. The molecule has 0 atom stereocenters. The monoisotopic (exact) mass is 329 g/mol. The van der Waals surface area contributed by atoms with Gasteiger partial charge in [-0.3, -0.25) is 4.90 Å². The van der Waals surface area contributed by atoms with E-state index in [1.54, 1.807) is 17.5 Å². The van der Waals surface area contributed by atoms with E-state index in [0.717, 1.165) is 17.2 Å². The van der Waals surface area contributed by atoms with Crippen LogP contribution >= 0.6 is 11.3 Å². The lowest BCUT2D eigenvalue weighted by molar-refractivity contribution is 0.277. The van der Waals surface area contributed by atoms with Crippen LogP contribution in [0.3, 0.4) is 0 Å². The minimum Gasteiger partial charge on any atom is -0.419 e. The van der Waals surface area contributed by atoms with Crippen molar-refractivity contribution in [2.24, 2.45) is 0 Å². The average Bonchev–Trinajstić information content (AvgIpc) is 3.26. The molecule has 0 amide bonds. The molecule has 3 aromatic rings. The third-order valence-corrected chi connectivity index (χ3v) is 5.28. The van der Waals surface area contributed by atoms with Crippen LogP contribution in [0.4, 0.5) is 0 Å². The molecule has 6 nitrogen and oxygen atoms in total. The number of hydrogen-bond donors (Lipinski definition) is 1. The van der Waals surface area contributed by atoms with Crippen molar-refractivity contribution in [3.05, 3.63) is 40.6 Å². The minimum absolute atomic E-state index is 0.610. The van der Waals surface area contributed by atoms with Crippen molar-refractivity contribution in [1.29, 1.82) is 0 Å². The molecule has 3 aromatic heterocycles. The largest absolute Gasteiger partial charge is 0.419 e. The number of aromatic nitrogens is 4. The number of aromatic amines is 1. The van der Waals surface area contributed by atoms with Gasteiger partial charge in [-0.1, -0.05) is 0 Å². The van der Waals surface area contributed by atoms with Crippen LogP contribution in [0.1, 0.15) is 35.0 Å². The standard InChI is InChI=1S/C16H19N5OS/c1-21(9-14-17-6-7-18-14)10-15-19-20-16(22-15)13-8-11-4-2-3-5-12(11)23-13/h6-8H,2-5,9-10H2,1H3,(H,17,18). The summed E-state index contributed by atoms with van der Waals surface area (Å²) in [7, 11) is 2.01. The Morgan fingerprint density at radius 1 is 1.26 bits per heavy atom. The van der Waals surface area contributed by atoms with E-state index in [1.165, 1.54) is 36.1 Å². The highest BCUT2D eigenvalue weighted by Gasteiger charge is 2.18. The Morgan fingerprint density at radius 2 is 2.17 bits per heavy atom. The summed E-state index contributed by atoms with van der Waals surface area (Å²) in [6.45, 7) is 1.33. The van der Waals surface area contributed by atoms with Gasteiger partial charge in [-0.15, -0.1) is 21.5 Å². The van der Waals surface area contributed by atoms with E-state index in [0.29, 0.717) is 18.3 Å². The minimum atomic E-state index is 0.610. The zero-order valence-corrected chi connectivity index (χ0v) is 13.9. The fourth-order valence-corrected chi connectivity index (χ4v) is 4.11. The van der Waals surface area contributed by atoms with E-state index in [9.17, 15) is 0 Å². The Hall–Kier alpha value is -1.99. The third-order valence-electron chi connectivity index (χ3n) is 4.05. The highest BCUT2D eigenvalue weighted by Crippen LogP contribution is 2.35. The highest BCUT2D eigenvalue weighted by atomic mass is 32.1. The molecule has 7 heteroatoms. The summed E-state index contributed by atoms with van der Waals surface area (Å²) in [5.74, 6) is 2.21. The van der Waals surface area contributed by atoms with Crippen LogP contribution in [-0.2, 0) is 25.9 Å². The Kier molecular flexibility index (Phi) is 3.97. The molecule has 0 unspecified atom stereocenters. The molecule has 0 saturated heterocycles. The summed E-state index contributed by atoms with van der Waals surface area (Å²) in [5.41, 5.74) is 1.46. The molecule has 0 radical (unpaired) electrons. The molecular formula is C16H19N5OS. The quantitative estimate of drug-likeness (QED) is 0.779. The number of aryl methyl sites for hydroxylation is 2. The molecule has 0 spiro atoms. The van der Waals surface area contributed by atoms with E-state index in [-0.39, 0.29) is 0 Å². The van der Waals surface area contributed by atoms with Gasteiger partial charge in [0, 0.05) is 17.3 Å². The smallest absolute Gasteiger partial charge is 0.257 e. The number of fused-ring (bicyclic) bond motifs is 1. The van der Waals surface area contributed by atoms with Crippen molar-refractivity contribution in [3.63, 3.8) is 0 Å². The predicted octanol–water partition coefficient (Wildman–Crippen LogP) is 3.03. The molecule has 3 heterocycles. The van der Waals surface area contributed by atoms with E-state index in [1.807, 2.05) is 13.2 Å². The van der Waals surface area contributed by atoms with Crippen LogP contribution in [-0.4, -0.2) is 32.1 Å². The Labute approximate surface area is 138 Å². The molecule has 120 valence electrons. The SMILES string of the molecule is CN(Cc1ncc[nH]1)Cc1nnc(-c2cc3c(s2)CCCC3)o1. The van der Waals surface area contributed by atoms with Gasteiger partial charge < -0.3 is 9.40 Å². The number of hydrogen-bond acceptors (Lipinski definition) is 6. The van der Waals surface area contributed by atoms with Crippen molar-refractivity contribution < 1.29 is 4.42 Å². The molecule has 0 saturated carbocycles. The second-order valence-corrected chi connectivity index (χ2v) is 7.11. The van der Waals surface area contributed by atoms with Gasteiger partial charge in [0.15, 0.2) is 0 Å². The molecule has 0 fully saturated rings. The lowest BCUT2D eigenvalue weighted by atomic mass is 9.99. The van der Waals surface area contributed by atoms with Gasteiger partial charge in [-0.2, -0.15) is 0 Å². The summed E-state index contributed by atoms with van der Waals surface area (Å²) in [6.07, 6.45) is 8.53. The summed E-state index contributed by atoms with van der Waals surface area (Å²) in [4.78, 5) is 12.0. The van der Waals surface area contributed by atoms with E-state index in [4.69, 9.17) is 4.42 Å². The zero-order chi connectivity index (χ0) is 15.6. The van der Waals surface area contributed by atoms with Crippen molar-refractivity contribution in [2.45, 2.75) is 38.8 Å². The molecule has 1 N–H and O–H groups in total. The fourth-order valence-electron chi connectivity index (χ4n) is 2.94. The summed E-state index contributed by atoms with van der Waals surface area (Å²) < 4.78 is 5.85. The first-order chi connectivity index (χ1) is 11.3. The molecule has 0 bridgehead atoms. The molecule has 4 rings (SSSR count). The molecule has 0 aromatic carbocycles. The second kappa shape index (κ2) is 6.25. The van der Waals surface area contributed by atoms with Crippen molar-refractivity contribution in [3.8, 4) is 10.8 Å². The van der Waals surface area contributed by atoms with Gasteiger partial charge in [-0.05, 0) is 44.4 Å². The summed E-state index contributed by atoms with van der Waals surface area (Å²) in [6, 6.07) is 2.23. The van der Waals surface area contributed by atoms with Crippen LogP contribution in [0.15, 0.2) is 22.9 Å². The number of nitrogens with one attached hydrogen (secondary N) is 1. The number of H-pyrrole nitrogens is 1.